The number of hydrogen-bond acceptors (Lipinski definition) is 4. The Kier molecular flexibility index (Phi) is 4.92. The number of nitro groups is 1. The smallest absolute Gasteiger partial charge is 0.273 e. The molecule has 0 saturated heterocycles. The van der Waals surface area contributed by atoms with Crippen molar-refractivity contribution in [2.75, 3.05) is 5.32 Å². The second kappa shape index (κ2) is 7.15. The van der Waals surface area contributed by atoms with Gasteiger partial charge in [-0.2, -0.15) is 5.10 Å². The van der Waals surface area contributed by atoms with Crippen LogP contribution in [0.15, 0.2) is 42.5 Å². The first kappa shape index (κ1) is 17.9. The molecule has 2 aromatic carbocycles. The normalized spacial score (nSPS) is 10.6. The summed E-state index contributed by atoms with van der Waals surface area (Å²) in [7, 11) is 0. The minimum Gasteiger partial charge on any atom is -0.320 e. The first-order valence-corrected chi connectivity index (χ1v) is 8.18. The third kappa shape index (κ3) is 3.68. The van der Waals surface area contributed by atoms with Crippen LogP contribution in [0.1, 0.15) is 16.1 Å². The molecule has 1 amide bonds. The predicted molar refractivity (Wildman–Crippen MR) is 99.8 cm³/mol. The van der Waals surface area contributed by atoms with E-state index in [2.05, 4.69) is 15.5 Å². The number of aromatic nitrogens is 2. The van der Waals surface area contributed by atoms with Gasteiger partial charge in [0.05, 0.1) is 15.6 Å². The summed E-state index contributed by atoms with van der Waals surface area (Å²) >= 11 is 12.0. The van der Waals surface area contributed by atoms with E-state index in [0.29, 0.717) is 32.6 Å². The molecule has 1 heterocycles. The molecular weight excluding hydrogens is 379 g/mol. The number of H-pyrrole nitrogens is 1. The van der Waals surface area contributed by atoms with Crippen molar-refractivity contribution < 1.29 is 9.72 Å². The SMILES string of the molecule is Cc1cc([N+](=O)[O-])ccc1NC(=O)c1cc(-c2ccc(Cl)cc2Cl)n[nH]1. The lowest BCUT2D eigenvalue weighted by Gasteiger charge is -2.06. The van der Waals surface area contributed by atoms with Gasteiger partial charge in [0, 0.05) is 28.4 Å². The van der Waals surface area contributed by atoms with Crippen LogP contribution in [0.3, 0.4) is 0 Å². The standard InChI is InChI=1S/C17H12Cl2N4O3/c1-9-6-11(23(25)26)3-5-14(9)20-17(24)16-8-15(21-22-16)12-4-2-10(18)7-13(12)19/h2-8H,1H3,(H,20,24)(H,21,22). The summed E-state index contributed by atoms with van der Waals surface area (Å²) in [4.78, 5) is 22.7. The van der Waals surface area contributed by atoms with Crippen molar-refractivity contribution in [2.24, 2.45) is 0 Å². The van der Waals surface area contributed by atoms with Gasteiger partial charge in [-0.25, -0.2) is 0 Å². The molecular formula is C17H12Cl2N4O3. The molecule has 0 bridgehead atoms. The second-order valence-electron chi connectivity index (χ2n) is 5.50. The summed E-state index contributed by atoms with van der Waals surface area (Å²) in [6, 6.07) is 10.7. The van der Waals surface area contributed by atoms with Crippen molar-refractivity contribution in [3.8, 4) is 11.3 Å². The van der Waals surface area contributed by atoms with Crippen molar-refractivity contribution in [3.05, 3.63) is 73.9 Å². The number of carbonyl (C=O) groups excluding carboxylic acids is 1. The van der Waals surface area contributed by atoms with Crippen LogP contribution in [0.25, 0.3) is 11.3 Å². The number of non-ortho nitro benzene ring substituents is 1. The van der Waals surface area contributed by atoms with Crippen molar-refractivity contribution in [1.82, 2.24) is 10.2 Å². The zero-order valence-electron chi connectivity index (χ0n) is 13.4. The lowest BCUT2D eigenvalue weighted by atomic mass is 10.1. The number of anilines is 1. The molecule has 0 aliphatic carbocycles. The molecule has 3 aromatic rings. The summed E-state index contributed by atoms with van der Waals surface area (Å²) in [5.41, 5.74) is 2.37. The van der Waals surface area contributed by atoms with Crippen LogP contribution in [0, 0.1) is 17.0 Å². The number of nitro benzene ring substituents is 1. The van der Waals surface area contributed by atoms with E-state index in [-0.39, 0.29) is 11.4 Å². The van der Waals surface area contributed by atoms with E-state index < -0.39 is 10.8 Å². The molecule has 0 radical (unpaired) electrons. The highest BCUT2D eigenvalue weighted by molar-refractivity contribution is 6.36. The Hall–Kier alpha value is -2.90. The summed E-state index contributed by atoms with van der Waals surface area (Å²) in [6.07, 6.45) is 0. The van der Waals surface area contributed by atoms with Gasteiger partial charge < -0.3 is 5.32 Å². The molecule has 9 heteroatoms. The van der Waals surface area contributed by atoms with E-state index in [9.17, 15) is 14.9 Å². The van der Waals surface area contributed by atoms with E-state index >= 15 is 0 Å². The van der Waals surface area contributed by atoms with Gasteiger partial charge in [0.1, 0.15) is 5.69 Å². The maximum atomic E-state index is 12.4. The number of aromatic amines is 1. The van der Waals surface area contributed by atoms with Gasteiger partial charge >= 0.3 is 0 Å². The molecule has 7 nitrogen and oxygen atoms in total. The van der Waals surface area contributed by atoms with Gasteiger partial charge in [0.25, 0.3) is 11.6 Å². The number of nitrogens with one attached hydrogen (secondary N) is 2. The number of nitrogens with zero attached hydrogens (tertiary/aromatic N) is 2. The molecule has 0 unspecified atom stereocenters. The highest BCUT2D eigenvalue weighted by atomic mass is 35.5. The lowest BCUT2D eigenvalue weighted by molar-refractivity contribution is -0.384. The third-order valence-corrected chi connectivity index (χ3v) is 4.25. The van der Waals surface area contributed by atoms with Crippen molar-refractivity contribution in [3.63, 3.8) is 0 Å². The van der Waals surface area contributed by atoms with Crippen LogP contribution < -0.4 is 5.32 Å². The largest absolute Gasteiger partial charge is 0.320 e. The Morgan fingerprint density at radius 2 is 1.96 bits per heavy atom. The fraction of sp³-hybridized carbons (Fsp3) is 0.0588. The number of hydrogen-bond donors (Lipinski definition) is 2. The minimum absolute atomic E-state index is 0.0401. The van der Waals surface area contributed by atoms with E-state index in [1.54, 1.807) is 31.2 Å². The summed E-state index contributed by atoms with van der Waals surface area (Å²) in [6.45, 7) is 1.68. The van der Waals surface area contributed by atoms with Gasteiger partial charge in [0.2, 0.25) is 0 Å². The molecule has 1 aromatic heterocycles. The number of benzene rings is 2. The fourth-order valence-electron chi connectivity index (χ4n) is 2.36. The first-order chi connectivity index (χ1) is 12.3. The number of amides is 1. The monoisotopic (exact) mass is 390 g/mol. The predicted octanol–water partition coefficient (Wildman–Crippen LogP) is 4.85. The maximum Gasteiger partial charge on any atom is 0.273 e. The van der Waals surface area contributed by atoms with Gasteiger partial charge in [-0.05, 0) is 42.8 Å². The maximum absolute atomic E-state index is 12.4. The molecule has 0 aliphatic heterocycles. The van der Waals surface area contributed by atoms with E-state index in [4.69, 9.17) is 23.2 Å². The molecule has 132 valence electrons. The third-order valence-electron chi connectivity index (χ3n) is 3.70. The highest BCUT2D eigenvalue weighted by Crippen LogP contribution is 2.29. The molecule has 0 saturated carbocycles. The number of rotatable bonds is 4. The number of halogens is 2. The molecule has 2 N–H and O–H groups in total. The quantitative estimate of drug-likeness (QED) is 0.490. The van der Waals surface area contributed by atoms with Crippen LogP contribution in [0.2, 0.25) is 10.0 Å². The Bertz CT molecular complexity index is 1020. The highest BCUT2D eigenvalue weighted by Gasteiger charge is 2.15. The van der Waals surface area contributed by atoms with Crippen molar-refractivity contribution in [1.29, 1.82) is 0 Å². The zero-order chi connectivity index (χ0) is 18.8. The Morgan fingerprint density at radius 1 is 1.19 bits per heavy atom. The molecule has 0 fully saturated rings. The number of aryl methyl sites for hydroxylation is 1. The van der Waals surface area contributed by atoms with Crippen LogP contribution in [0.4, 0.5) is 11.4 Å². The zero-order valence-corrected chi connectivity index (χ0v) is 14.9. The van der Waals surface area contributed by atoms with Gasteiger partial charge in [-0.1, -0.05) is 23.2 Å². The van der Waals surface area contributed by atoms with Gasteiger partial charge in [-0.3, -0.25) is 20.0 Å². The van der Waals surface area contributed by atoms with Crippen LogP contribution >= 0.6 is 23.2 Å². The van der Waals surface area contributed by atoms with Crippen LogP contribution in [-0.4, -0.2) is 21.0 Å². The summed E-state index contributed by atoms with van der Waals surface area (Å²) < 4.78 is 0. The molecule has 0 atom stereocenters. The topological polar surface area (TPSA) is 101 Å². The summed E-state index contributed by atoms with van der Waals surface area (Å²) in [5, 5.41) is 21.1. The molecule has 0 aliphatic rings. The fourth-order valence-corrected chi connectivity index (χ4v) is 2.87. The molecule has 26 heavy (non-hydrogen) atoms. The van der Waals surface area contributed by atoms with Crippen LogP contribution in [-0.2, 0) is 0 Å². The molecule has 0 spiro atoms. The lowest BCUT2D eigenvalue weighted by Crippen LogP contribution is -2.13. The van der Waals surface area contributed by atoms with E-state index in [1.807, 2.05) is 0 Å². The van der Waals surface area contributed by atoms with Gasteiger partial charge in [0.15, 0.2) is 0 Å². The summed E-state index contributed by atoms with van der Waals surface area (Å²) in [5.74, 6) is -0.425. The second-order valence-corrected chi connectivity index (χ2v) is 6.35. The molecule has 3 rings (SSSR count). The van der Waals surface area contributed by atoms with Crippen molar-refractivity contribution in [2.45, 2.75) is 6.92 Å². The van der Waals surface area contributed by atoms with E-state index in [1.165, 1.54) is 18.2 Å². The Labute approximate surface area is 158 Å². The Morgan fingerprint density at radius 3 is 2.62 bits per heavy atom. The average Bonchev–Trinajstić information content (AvgIpc) is 3.06. The Balaban J connectivity index is 1.81. The van der Waals surface area contributed by atoms with E-state index in [0.717, 1.165) is 0 Å². The van der Waals surface area contributed by atoms with Gasteiger partial charge in [-0.15, -0.1) is 0 Å². The average molecular weight is 391 g/mol. The minimum atomic E-state index is -0.490. The van der Waals surface area contributed by atoms with Crippen LogP contribution in [0.5, 0.6) is 0 Å². The number of carbonyl (C=O) groups is 1. The first-order valence-electron chi connectivity index (χ1n) is 7.42. The van der Waals surface area contributed by atoms with Crippen molar-refractivity contribution >= 4 is 40.5 Å².